The first-order valence-corrected chi connectivity index (χ1v) is 13.4. The maximum Gasteiger partial charge on any atom is 0.673 e. The molecule has 0 bridgehead atoms. The molecule has 2 aromatic rings. The first-order chi connectivity index (χ1) is 16.3. The van der Waals surface area contributed by atoms with Crippen molar-refractivity contribution in [3.05, 3.63) is 48.5 Å². The van der Waals surface area contributed by atoms with E-state index in [9.17, 15) is 17.3 Å². The Morgan fingerprint density at radius 1 is 0.647 bits per heavy atom. The van der Waals surface area contributed by atoms with Crippen LogP contribution in [0.4, 0.5) is 17.3 Å². The van der Waals surface area contributed by atoms with Gasteiger partial charge in [0.2, 0.25) is 0 Å². The number of hydrogen-bond donors (Lipinski definition) is 0. The van der Waals surface area contributed by atoms with Crippen LogP contribution in [0.5, 0.6) is 11.5 Å². The minimum atomic E-state index is -6.00. The largest absolute Gasteiger partial charge is 0.673 e. The van der Waals surface area contributed by atoms with E-state index in [0.29, 0.717) is 0 Å². The molecule has 2 aromatic carbocycles. The van der Waals surface area contributed by atoms with Gasteiger partial charge in [0.15, 0.2) is 0 Å². The van der Waals surface area contributed by atoms with Crippen molar-refractivity contribution in [2.24, 2.45) is 0 Å². The highest BCUT2D eigenvalue weighted by molar-refractivity contribution is 7.39. The fraction of sp³-hybridized carbons (Fsp3) is 0.538. The quantitative estimate of drug-likeness (QED) is 0.232. The molecule has 0 unspecified atom stereocenters. The lowest BCUT2D eigenvalue weighted by atomic mass is 10.00. The van der Waals surface area contributed by atoms with E-state index in [2.05, 4.69) is 0 Å². The topological polar surface area (TPSA) is 18.5 Å². The van der Waals surface area contributed by atoms with Crippen LogP contribution in [0.2, 0.25) is 0 Å². The summed E-state index contributed by atoms with van der Waals surface area (Å²) >= 11 is 0. The van der Waals surface area contributed by atoms with Crippen LogP contribution < -0.4 is 9.47 Å². The minimum absolute atomic E-state index is 0.825. The molecule has 0 radical (unpaired) electrons. The van der Waals surface area contributed by atoms with Crippen molar-refractivity contribution < 1.29 is 26.7 Å². The number of hydrogen-bond acceptors (Lipinski definition) is 2. The summed E-state index contributed by atoms with van der Waals surface area (Å²) < 4.78 is 49.7. The Hall–Kier alpha value is -1.75. The molecular formula is C26H37BF4O2P-. The van der Waals surface area contributed by atoms with Crippen molar-refractivity contribution in [1.29, 1.82) is 0 Å². The molecule has 0 amide bonds. The molecule has 0 atom stereocenters. The molecule has 2 aliphatic carbocycles. The number of rotatable bonds is 5. The molecule has 2 nitrogen and oxygen atoms in total. The lowest BCUT2D eigenvalue weighted by Crippen LogP contribution is -2.14. The molecule has 34 heavy (non-hydrogen) atoms. The highest BCUT2D eigenvalue weighted by Crippen LogP contribution is 2.41. The van der Waals surface area contributed by atoms with Gasteiger partial charge in [0.25, 0.3) is 0 Å². The number of halogens is 4. The number of ether oxygens (including phenoxy) is 2. The normalized spacial score (nSPS) is 17.0. The zero-order valence-corrected chi connectivity index (χ0v) is 21.3. The van der Waals surface area contributed by atoms with E-state index in [4.69, 9.17) is 9.47 Å². The Bertz CT molecular complexity index is 764. The van der Waals surface area contributed by atoms with E-state index >= 15 is 0 Å². The standard InChI is InChI=1S/C14H14O2.C12H23P.BF4/c1-15-12-9-6-10-13(16-2)14(12)11-7-4-3-5-8-11;1-3-7-11(8-4-1)13-12-9-5-2-6-10-12;2-1(3,4)5/h3-10H,1-2H3;11-13H,1-10H2;/q;;-1. The van der Waals surface area contributed by atoms with E-state index in [0.717, 1.165) is 33.9 Å². The van der Waals surface area contributed by atoms with E-state index in [1.807, 2.05) is 48.5 Å². The van der Waals surface area contributed by atoms with Gasteiger partial charge >= 0.3 is 7.25 Å². The van der Waals surface area contributed by atoms with E-state index in [1.165, 1.54) is 47.1 Å². The van der Waals surface area contributed by atoms with Crippen molar-refractivity contribution in [1.82, 2.24) is 0 Å². The van der Waals surface area contributed by atoms with Crippen LogP contribution in [-0.2, 0) is 0 Å². The first kappa shape index (κ1) is 28.5. The van der Waals surface area contributed by atoms with Crippen molar-refractivity contribution in [3.63, 3.8) is 0 Å². The second-order valence-corrected chi connectivity index (χ2v) is 10.7. The van der Waals surface area contributed by atoms with Gasteiger partial charge in [-0.2, -0.15) is 0 Å². The van der Waals surface area contributed by atoms with Gasteiger partial charge in [-0.25, -0.2) is 0 Å². The summed E-state index contributed by atoms with van der Waals surface area (Å²) in [7, 11) is -1.33. The van der Waals surface area contributed by atoms with Crippen molar-refractivity contribution >= 4 is 15.8 Å². The van der Waals surface area contributed by atoms with E-state index in [-0.39, 0.29) is 0 Å². The SMILES string of the molecule is C1CCC(PC2CCCCC2)CC1.COc1cccc(OC)c1-c1ccccc1.F[B-](F)(F)F. The molecule has 0 heterocycles. The Labute approximate surface area is 203 Å². The Morgan fingerprint density at radius 3 is 1.44 bits per heavy atom. The lowest BCUT2D eigenvalue weighted by Gasteiger charge is -2.28. The Balaban J connectivity index is 0.000000204. The maximum atomic E-state index is 9.75. The second-order valence-electron chi connectivity index (χ2n) is 8.73. The van der Waals surface area contributed by atoms with Gasteiger partial charge in [0.1, 0.15) is 11.5 Å². The van der Waals surface area contributed by atoms with Crippen molar-refractivity contribution in [2.75, 3.05) is 14.2 Å². The van der Waals surface area contributed by atoms with Gasteiger partial charge in [0, 0.05) is 0 Å². The summed E-state index contributed by atoms with van der Waals surface area (Å²) in [5.74, 6) is 1.65. The smallest absolute Gasteiger partial charge is 0.496 e. The van der Waals surface area contributed by atoms with Gasteiger partial charge < -0.3 is 26.7 Å². The van der Waals surface area contributed by atoms with Gasteiger partial charge in [-0.15, -0.1) is 8.58 Å². The molecule has 4 rings (SSSR count). The molecule has 8 heteroatoms. The fourth-order valence-corrected chi connectivity index (χ4v) is 6.76. The average molecular weight is 499 g/mol. The first-order valence-electron chi connectivity index (χ1n) is 12.2. The molecule has 0 aromatic heterocycles. The predicted molar refractivity (Wildman–Crippen MR) is 137 cm³/mol. The fourth-order valence-electron chi connectivity index (χ4n) is 4.61. The summed E-state index contributed by atoms with van der Waals surface area (Å²) in [5.41, 5.74) is 4.39. The summed E-state index contributed by atoms with van der Waals surface area (Å²) in [6, 6.07) is 15.9. The minimum Gasteiger partial charge on any atom is -0.496 e. The Morgan fingerprint density at radius 2 is 1.06 bits per heavy atom. The Kier molecular flexibility index (Phi) is 12.8. The third-order valence-corrected chi connectivity index (χ3v) is 8.27. The zero-order chi connectivity index (χ0) is 24.8. The van der Waals surface area contributed by atoms with Gasteiger partial charge in [-0.1, -0.05) is 74.9 Å². The molecule has 0 N–H and O–H groups in total. The predicted octanol–water partition coefficient (Wildman–Crippen LogP) is 9.00. The third kappa shape index (κ3) is 11.1. The van der Waals surface area contributed by atoms with Gasteiger partial charge in [-0.3, -0.25) is 0 Å². The van der Waals surface area contributed by atoms with Crippen LogP contribution in [0.3, 0.4) is 0 Å². The molecule has 0 spiro atoms. The van der Waals surface area contributed by atoms with E-state index < -0.39 is 7.25 Å². The third-order valence-electron chi connectivity index (χ3n) is 6.17. The maximum absolute atomic E-state index is 9.75. The van der Waals surface area contributed by atoms with Crippen LogP contribution in [0.15, 0.2) is 48.5 Å². The van der Waals surface area contributed by atoms with Crippen LogP contribution in [-0.4, -0.2) is 32.8 Å². The zero-order valence-electron chi connectivity index (χ0n) is 20.3. The summed E-state index contributed by atoms with van der Waals surface area (Å²) in [6.07, 6.45) is 15.4. The highest BCUT2D eigenvalue weighted by atomic mass is 31.1. The molecule has 2 aliphatic rings. The molecule has 2 fully saturated rings. The molecule has 2 saturated carbocycles. The molecular weight excluding hydrogens is 462 g/mol. The second kappa shape index (κ2) is 15.3. The van der Waals surface area contributed by atoms with Crippen LogP contribution >= 0.6 is 8.58 Å². The lowest BCUT2D eigenvalue weighted by molar-refractivity contribution is 0.368. The highest BCUT2D eigenvalue weighted by Gasteiger charge is 2.21. The molecule has 190 valence electrons. The van der Waals surface area contributed by atoms with E-state index in [1.54, 1.807) is 39.9 Å². The average Bonchev–Trinajstić information content (AvgIpc) is 2.84. The van der Waals surface area contributed by atoms with Crippen LogP contribution in [0.25, 0.3) is 11.1 Å². The van der Waals surface area contributed by atoms with Crippen molar-refractivity contribution in [2.45, 2.75) is 75.5 Å². The van der Waals surface area contributed by atoms with Crippen molar-refractivity contribution in [3.8, 4) is 22.6 Å². The van der Waals surface area contributed by atoms with Gasteiger partial charge in [0.05, 0.1) is 19.8 Å². The number of benzene rings is 2. The monoisotopic (exact) mass is 499 g/mol. The van der Waals surface area contributed by atoms with Crippen LogP contribution in [0, 0.1) is 0 Å². The van der Waals surface area contributed by atoms with Crippen LogP contribution in [0.1, 0.15) is 64.2 Å². The molecule has 0 saturated heterocycles. The van der Waals surface area contributed by atoms with Gasteiger partial charge in [-0.05, 0) is 54.7 Å². The summed E-state index contributed by atoms with van der Waals surface area (Å²) in [5, 5.41) is 0. The summed E-state index contributed by atoms with van der Waals surface area (Å²) in [6.45, 7) is 0. The summed E-state index contributed by atoms with van der Waals surface area (Å²) in [4.78, 5) is 0. The number of methoxy groups -OCH3 is 2. The molecule has 0 aliphatic heterocycles.